The fourth-order valence-electron chi connectivity index (χ4n) is 2.90. The number of amides is 1. The molecule has 4 rings (SSSR count). The van der Waals surface area contributed by atoms with Gasteiger partial charge in [-0.05, 0) is 24.3 Å². The molecular weight excluding hydrogens is 381 g/mol. The first kappa shape index (κ1) is 17.5. The van der Waals surface area contributed by atoms with Gasteiger partial charge in [-0.25, -0.2) is 9.97 Å². The van der Waals surface area contributed by atoms with Crippen LogP contribution < -0.4 is 5.32 Å². The van der Waals surface area contributed by atoms with Crippen LogP contribution >= 0.6 is 23.2 Å². The van der Waals surface area contributed by atoms with Gasteiger partial charge in [0.2, 0.25) is 0 Å². The van der Waals surface area contributed by atoms with E-state index in [-0.39, 0.29) is 5.91 Å². The normalized spacial score (nSPS) is 10.7. The Bertz CT molecular complexity index is 1160. The molecule has 4 aromatic rings. The van der Waals surface area contributed by atoms with Crippen molar-refractivity contribution < 1.29 is 4.79 Å². The maximum atomic E-state index is 13.0. The Labute approximate surface area is 165 Å². The summed E-state index contributed by atoms with van der Waals surface area (Å²) < 4.78 is 0. The molecule has 0 radical (unpaired) electrons. The average Bonchev–Trinajstić information content (AvgIpc) is 2.71. The lowest BCUT2D eigenvalue weighted by Gasteiger charge is -2.12. The molecule has 0 aliphatic rings. The zero-order valence-corrected chi connectivity index (χ0v) is 15.5. The van der Waals surface area contributed by atoms with Crippen molar-refractivity contribution in [2.45, 2.75) is 0 Å². The highest BCUT2D eigenvalue weighted by Crippen LogP contribution is 2.32. The van der Waals surface area contributed by atoms with Crippen molar-refractivity contribution in [2.24, 2.45) is 0 Å². The van der Waals surface area contributed by atoms with E-state index in [1.807, 2.05) is 36.4 Å². The molecule has 27 heavy (non-hydrogen) atoms. The van der Waals surface area contributed by atoms with E-state index in [0.29, 0.717) is 32.6 Å². The molecule has 132 valence electrons. The molecule has 4 nitrogen and oxygen atoms in total. The van der Waals surface area contributed by atoms with Gasteiger partial charge in [-0.15, -0.1) is 0 Å². The van der Waals surface area contributed by atoms with Crippen molar-refractivity contribution in [3.63, 3.8) is 0 Å². The second-order valence-electron chi connectivity index (χ2n) is 5.84. The number of benzene rings is 3. The highest BCUT2D eigenvalue weighted by molar-refractivity contribution is 6.44. The highest BCUT2D eigenvalue weighted by atomic mass is 35.5. The number of halogens is 2. The topological polar surface area (TPSA) is 54.9 Å². The zero-order chi connectivity index (χ0) is 18.8. The lowest BCUT2D eigenvalue weighted by molar-refractivity contribution is 0.102. The summed E-state index contributed by atoms with van der Waals surface area (Å²) in [4.78, 5) is 21.7. The molecule has 1 heterocycles. The first-order valence-corrected chi connectivity index (χ1v) is 8.95. The van der Waals surface area contributed by atoms with Gasteiger partial charge in [-0.3, -0.25) is 4.79 Å². The largest absolute Gasteiger partial charge is 0.321 e. The van der Waals surface area contributed by atoms with Gasteiger partial charge in [0.05, 0.1) is 26.9 Å². The Morgan fingerprint density at radius 1 is 0.852 bits per heavy atom. The summed E-state index contributed by atoms with van der Waals surface area (Å²) in [7, 11) is 0. The van der Waals surface area contributed by atoms with E-state index in [2.05, 4.69) is 15.3 Å². The summed E-state index contributed by atoms with van der Waals surface area (Å²) in [6.07, 6.45) is 1.50. The molecule has 1 N–H and O–H groups in total. The number of nitrogens with one attached hydrogen (secondary N) is 1. The third kappa shape index (κ3) is 3.37. The summed E-state index contributed by atoms with van der Waals surface area (Å²) in [5, 5.41) is 4.39. The van der Waals surface area contributed by atoms with Crippen LogP contribution in [0.1, 0.15) is 10.4 Å². The summed E-state index contributed by atoms with van der Waals surface area (Å²) in [6, 6.07) is 20.1. The number of nitrogens with zero attached hydrogens (tertiary/aromatic N) is 2. The van der Waals surface area contributed by atoms with E-state index in [9.17, 15) is 4.79 Å². The predicted molar refractivity (Wildman–Crippen MR) is 109 cm³/mol. The molecule has 0 spiro atoms. The number of para-hydroxylation sites is 1. The molecule has 0 unspecified atom stereocenters. The number of hydrogen-bond donors (Lipinski definition) is 1. The van der Waals surface area contributed by atoms with E-state index in [4.69, 9.17) is 23.2 Å². The van der Waals surface area contributed by atoms with Gasteiger partial charge in [0.25, 0.3) is 5.91 Å². The minimum absolute atomic E-state index is 0.294. The fourth-order valence-corrected chi connectivity index (χ4v) is 3.24. The lowest BCUT2D eigenvalue weighted by atomic mass is 10.0. The predicted octanol–water partition coefficient (Wildman–Crippen LogP) is 5.86. The standard InChI is InChI=1S/C21H13Cl2N3O/c22-16-9-5-11-18(19(16)23)26-21(27)14-7-2-1-6-13(14)20-15-8-3-4-10-17(15)24-12-25-20/h1-12H,(H,26,27). The third-order valence-electron chi connectivity index (χ3n) is 4.17. The highest BCUT2D eigenvalue weighted by Gasteiger charge is 2.17. The van der Waals surface area contributed by atoms with Gasteiger partial charge >= 0.3 is 0 Å². The summed E-state index contributed by atoms with van der Waals surface area (Å²) in [5.41, 5.74) is 3.17. The SMILES string of the molecule is O=C(Nc1cccc(Cl)c1Cl)c1ccccc1-c1ncnc2ccccc12. The van der Waals surface area contributed by atoms with Gasteiger partial charge < -0.3 is 5.32 Å². The smallest absolute Gasteiger partial charge is 0.256 e. The number of rotatable bonds is 3. The first-order chi connectivity index (χ1) is 13.1. The molecule has 0 atom stereocenters. The molecule has 0 saturated heterocycles. The van der Waals surface area contributed by atoms with Crippen LogP contribution in [0.3, 0.4) is 0 Å². The fraction of sp³-hybridized carbons (Fsp3) is 0. The molecule has 1 amide bonds. The van der Waals surface area contributed by atoms with E-state index in [0.717, 1.165) is 10.9 Å². The first-order valence-electron chi connectivity index (χ1n) is 8.19. The Morgan fingerprint density at radius 2 is 1.63 bits per heavy atom. The third-order valence-corrected chi connectivity index (χ3v) is 4.99. The van der Waals surface area contributed by atoms with Gasteiger partial charge in [0, 0.05) is 16.5 Å². The van der Waals surface area contributed by atoms with E-state index >= 15 is 0 Å². The summed E-state index contributed by atoms with van der Waals surface area (Å²) >= 11 is 12.2. The van der Waals surface area contributed by atoms with Crippen molar-refractivity contribution in [1.82, 2.24) is 9.97 Å². The molecule has 3 aromatic carbocycles. The number of fused-ring (bicyclic) bond motifs is 1. The zero-order valence-electron chi connectivity index (χ0n) is 14.0. The molecule has 0 aliphatic heterocycles. The monoisotopic (exact) mass is 393 g/mol. The maximum Gasteiger partial charge on any atom is 0.256 e. The Morgan fingerprint density at radius 3 is 2.52 bits per heavy atom. The van der Waals surface area contributed by atoms with Crippen LogP contribution in [0, 0.1) is 0 Å². The number of hydrogen-bond acceptors (Lipinski definition) is 3. The number of aromatic nitrogens is 2. The second kappa shape index (κ2) is 7.35. The van der Waals surface area contributed by atoms with Crippen molar-refractivity contribution in [2.75, 3.05) is 5.32 Å². The van der Waals surface area contributed by atoms with Crippen LogP contribution in [-0.2, 0) is 0 Å². The van der Waals surface area contributed by atoms with Crippen LogP contribution in [0.25, 0.3) is 22.2 Å². The summed E-state index contributed by atoms with van der Waals surface area (Å²) in [6.45, 7) is 0. The molecule has 0 saturated carbocycles. The minimum Gasteiger partial charge on any atom is -0.321 e. The van der Waals surface area contributed by atoms with Crippen molar-refractivity contribution in [1.29, 1.82) is 0 Å². The molecule has 6 heteroatoms. The number of carbonyl (C=O) groups is 1. The average molecular weight is 394 g/mol. The van der Waals surface area contributed by atoms with Gasteiger partial charge in [0.1, 0.15) is 6.33 Å². The van der Waals surface area contributed by atoms with Gasteiger partial charge in [0.15, 0.2) is 0 Å². The summed E-state index contributed by atoms with van der Waals surface area (Å²) in [5.74, 6) is -0.294. The number of anilines is 1. The van der Waals surface area contributed by atoms with E-state index in [1.165, 1.54) is 6.33 Å². The van der Waals surface area contributed by atoms with Crippen molar-refractivity contribution in [3.8, 4) is 11.3 Å². The van der Waals surface area contributed by atoms with Gasteiger partial charge in [-0.2, -0.15) is 0 Å². The van der Waals surface area contributed by atoms with E-state index < -0.39 is 0 Å². The van der Waals surface area contributed by atoms with Crippen LogP contribution in [-0.4, -0.2) is 15.9 Å². The second-order valence-corrected chi connectivity index (χ2v) is 6.63. The molecule has 1 aromatic heterocycles. The molecular formula is C21H13Cl2N3O. The Hall–Kier alpha value is -2.95. The molecule has 0 bridgehead atoms. The van der Waals surface area contributed by atoms with Crippen molar-refractivity contribution in [3.05, 3.63) is 88.7 Å². The quantitative estimate of drug-likeness (QED) is 0.474. The minimum atomic E-state index is -0.294. The maximum absolute atomic E-state index is 13.0. The lowest BCUT2D eigenvalue weighted by Crippen LogP contribution is -2.13. The van der Waals surface area contributed by atoms with Crippen LogP contribution in [0.4, 0.5) is 5.69 Å². The van der Waals surface area contributed by atoms with Gasteiger partial charge in [-0.1, -0.05) is 65.7 Å². The van der Waals surface area contributed by atoms with Crippen LogP contribution in [0.5, 0.6) is 0 Å². The van der Waals surface area contributed by atoms with E-state index in [1.54, 1.807) is 30.3 Å². The number of carbonyl (C=O) groups excluding carboxylic acids is 1. The van der Waals surface area contributed by atoms with Crippen LogP contribution in [0.15, 0.2) is 73.1 Å². The van der Waals surface area contributed by atoms with Crippen molar-refractivity contribution >= 4 is 45.7 Å². The Balaban J connectivity index is 1.79. The molecule has 0 aliphatic carbocycles. The van der Waals surface area contributed by atoms with Crippen LogP contribution in [0.2, 0.25) is 10.0 Å². The Kier molecular flexibility index (Phi) is 4.75. The molecule has 0 fully saturated rings.